The Morgan fingerprint density at radius 3 is 2.45 bits per heavy atom. The van der Waals surface area contributed by atoms with E-state index in [0.29, 0.717) is 0 Å². The summed E-state index contributed by atoms with van der Waals surface area (Å²) in [6, 6.07) is 0.0666. The van der Waals surface area contributed by atoms with Crippen LogP contribution in [0.25, 0.3) is 0 Å². The van der Waals surface area contributed by atoms with Gasteiger partial charge in [-0.15, -0.1) is 0 Å². The molecule has 0 bridgehead atoms. The van der Waals surface area contributed by atoms with Crippen molar-refractivity contribution in [2.24, 2.45) is 5.92 Å². The van der Waals surface area contributed by atoms with Crippen molar-refractivity contribution >= 4 is 6.03 Å². The molecule has 1 heterocycles. The van der Waals surface area contributed by atoms with Crippen LogP contribution in [0.5, 0.6) is 0 Å². The van der Waals surface area contributed by atoms with Gasteiger partial charge < -0.3 is 10.2 Å². The molecule has 0 saturated carbocycles. The molecule has 1 saturated heterocycles. The number of likely N-dealkylation sites (tertiary alicyclic amines) is 1. The van der Waals surface area contributed by atoms with E-state index in [9.17, 15) is 4.79 Å². The van der Waals surface area contributed by atoms with E-state index in [4.69, 9.17) is 0 Å². The number of piperidine rings is 1. The van der Waals surface area contributed by atoms with E-state index < -0.39 is 0 Å². The van der Waals surface area contributed by atoms with E-state index >= 15 is 0 Å². The smallest absolute Gasteiger partial charge is 0.317 e. The van der Waals surface area contributed by atoms with Crippen LogP contribution in [-0.2, 0) is 0 Å². The molecule has 3 nitrogen and oxygen atoms in total. The Morgan fingerprint density at radius 2 is 2.00 bits per heavy atom. The first-order valence-corrected chi connectivity index (χ1v) is 4.20. The molecule has 2 amide bonds. The van der Waals surface area contributed by atoms with Gasteiger partial charge in [0.25, 0.3) is 0 Å². The summed E-state index contributed by atoms with van der Waals surface area (Å²) in [4.78, 5) is 13.0. The summed E-state index contributed by atoms with van der Waals surface area (Å²) in [5.74, 6) is 0.788. The Bertz CT molecular complexity index is 139. The minimum Gasteiger partial charge on any atom is -0.341 e. The van der Waals surface area contributed by atoms with Gasteiger partial charge in [0, 0.05) is 20.1 Å². The van der Waals surface area contributed by atoms with E-state index in [1.807, 2.05) is 4.90 Å². The molecular formula is C8H16N2O. The van der Waals surface area contributed by atoms with Crippen molar-refractivity contribution in [3.05, 3.63) is 0 Å². The second kappa shape index (κ2) is 3.60. The molecule has 64 valence electrons. The van der Waals surface area contributed by atoms with Gasteiger partial charge in [0.05, 0.1) is 0 Å². The Hall–Kier alpha value is -0.730. The lowest BCUT2D eigenvalue weighted by molar-refractivity contribution is 0.176. The standard InChI is InChI=1S/C8H16N2O/c1-7-3-5-10(6-4-7)8(11)9-2/h7H,3-6H2,1-2H3,(H,9,11). The minimum absolute atomic E-state index is 0.0666. The molecule has 1 rings (SSSR count). The monoisotopic (exact) mass is 156 g/mol. The average molecular weight is 156 g/mol. The Labute approximate surface area is 67.8 Å². The Balaban J connectivity index is 2.33. The predicted molar refractivity (Wildman–Crippen MR) is 44.4 cm³/mol. The highest BCUT2D eigenvalue weighted by Crippen LogP contribution is 2.15. The van der Waals surface area contributed by atoms with Gasteiger partial charge in [0.15, 0.2) is 0 Å². The highest BCUT2D eigenvalue weighted by atomic mass is 16.2. The molecule has 0 aromatic rings. The molecule has 0 unspecified atom stereocenters. The molecule has 0 atom stereocenters. The number of carbonyl (C=O) groups excluding carboxylic acids is 1. The molecule has 1 N–H and O–H groups in total. The summed E-state index contributed by atoms with van der Waals surface area (Å²) >= 11 is 0. The third-order valence-electron chi connectivity index (χ3n) is 2.28. The second-order valence-corrected chi connectivity index (χ2v) is 3.22. The van der Waals surface area contributed by atoms with Crippen molar-refractivity contribution in [1.29, 1.82) is 0 Å². The largest absolute Gasteiger partial charge is 0.341 e. The highest BCUT2D eigenvalue weighted by Gasteiger charge is 2.18. The number of hydrogen-bond donors (Lipinski definition) is 1. The number of nitrogens with zero attached hydrogens (tertiary/aromatic N) is 1. The molecule has 1 fully saturated rings. The third kappa shape index (κ3) is 2.10. The summed E-state index contributed by atoms with van der Waals surface area (Å²) in [5.41, 5.74) is 0. The van der Waals surface area contributed by atoms with Gasteiger partial charge in [-0.25, -0.2) is 4.79 Å². The van der Waals surface area contributed by atoms with Crippen LogP contribution >= 0.6 is 0 Å². The fraction of sp³-hybridized carbons (Fsp3) is 0.875. The Morgan fingerprint density at radius 1 is 1.45 bits per heavy atom. The zero-order chi connectivity index (χ0) is 8.27. The van der Waals surface area contributed by atoms with Crippen LogP contribution in [0, 0.1) is 5.92 Å². The van der Waals surface area contributed by atoms with E-state index in [2.05, 4.69) is 12.2 Å². The van der Waals surface area contributed by atoms with E-state index in [1.54, 1.807) is 7.05 Å². The summed E-state index contributed by atoms with van der Waals surface area (Å²) in [6.07, 6.45) is 2.29. The third-order valence-corrected chi connectivity index (χ3v) is 2.28. The van der Waals surface area contributed by atoms with Crippen molar-refractivity contribution in [3.8, 4) is 0 Å². The number of rotatable bonds is 0. The van der Waals surface area contributed by atoms with Gasteiger partial charge in [-0.1, -0.05) is 6.92 Å². The molecule has 0 spiro atoms. The maximum atomic E-state index is 11.1. The molecular weight excluding hydrogens is 140 g/mol. The van der Waals surface area contributed by atoms with Crippen molar-refractivity contribution in [3.63, 3.8) is 0 Å². The zero-order valence-electron chi connectivity index (χ0n) is 7.26. The molecule has 11 heavy (non-hydrogen) atoms. The fourth-order valence-electron chi connectivity index (χ4n) is 1.37. The molecule has 0 aromatic heterocycles. The summed E-state index contributed by atoms with van der Waals surface area (Å²) < 4.78 is 0. The summed E-state index contributed by atoms with van der Waals surface area (Å²) in [6.45, 7) is 4.07. The number of urea groups is 1. The lowest BCUT2D eigenvalue weighted by Crippen LogP contribution is -2.42. The molecule has 0 radical (unpaired) electrons. The fourth-order valence-corrected chi connectivity index (χ4v) is 1.37. The Kier molecular flexibility index (Phi) is 2.74. The van der Waals surface area contributed by atoms with E-state index in [0.717, 1.165) is 31.8 Å². The van der Waals surface area contributed by atoms with Gasteiger partial charge in [-0.2, -0.15) is 0 Å². The van der Waals surface area contributed by atoms with Crippen LogP contribution in [0.2, 0.25) is 0 Å². The molecule has 3 heteroatoms. The zero-order valence-corrected chi connectivity index (χ0v) is 7.26. The first kappa shape index (κ1) is 8.37. The number of nitrogens with one attached hydrogen (secondary N) is 1. The van der Waals surface area contributed by atoms with Gasteiger partial charge in [-0.05, 0) is 18.8 Å². The lowest BCUT2D eigenvalue weighted by Gasteiger charge is -2.29. The van der Waals surface area contributed by atoms with Crippen molar-refractivity contribution in [2.75, 3.05) is 20.1 Å². The van der Waals surface area contributed by atoms with Crippen LogP contribution in [0.4, 0.5) is 4.79 Å². The topological polar surface area (TPSA) is 32.3 Å². The van der Waals surface area contributed by atoms with Gasteiger partial charge >= 0.3 is 6.03 Å². The first-order chi connectivity index (χ1) is 5.24. The minimum atomic E-state index is 0.0666. The van der Waals surface area contributed by atoms with Gasteiger partial charge in [0.1, 0.15) is 0 Å². The number of hydrogen-bond acceptors (Lipinski definition) is 1. The highest BCUT2D eigenvalue weighted by molar-refractivity contribution is 5.73. The summed E-state index contributed by atoms with van der Waals surface area (Å²) in [5, 5.41) is 2.64. The van der Waals surface area contributed by atoms with Gasteiger partial charge in [0.2, 0.25) is 0 Å². The van der Waals surface area contributed by atoms with Crippen LogP contribution in [-0.4, -0.2) is 31.1 Å². The summed E-state index contributed by atoms with van der Waals surface area (Å²) in [7, 11) is 1.68. The van der Waals surface area contributed by atoms with Crippen LogP contribution in [0.1, 0.15) is 19.8 Å². The average Bonchev–Trinajstić information content (AvgIpc) is 2.05. The van der Waals surface area contributed by atoms with E-state index in [-0.39, 0.29) is 6.03 Å². The second-order valence-electron chi connectivity index (χ2n) is 3.22. The molecule has 1 aliphatic heterocycles. The molecule has 0 aliphatic carbocycles. The van der Waals surface area contributed by atoms with Crippen LogP contribution in [0.3, 0.4) is 0 Å². The maximum Gasteiger partial charge on any atom is 0.317 e. The maximum absolute atomic E-state index is 11.1. The number of amides is 2. The van der Waals surface area contributed by atoms with Crippen molar-refractivity contribution < 1.29 is 4.79 Å². The van der Waals surface area contributed by atoms with Crippen molar-refractivity contribution in [1.82, 2.24) is 10.2 Å². The normalized spacial score (nSPS) is 20.0. The van der Waals surface area contributed by atoms with Gasteiger partial charge in [-0.3, -0.25) is 0 Å². The van der Waals surface area contributed by atoms with E-state index in [1.165, 1.54) is 0 Å². The molecule has 0 aromatic carbocycles. The molecule has 1 aliphatic rings. The van der Waals surface area contributed by atoms with Crippen LogP contribution in [0.15, 0.2) is 0 Å². The predicted octanol–water partition coefficient (Wildman–Crippen LogP) is 1.06. The quantitative estimate of drug-likeness (QED) is 0.558. The first-order valence-electron chi connectivity index (χ1n) is 4.20. The SMILES string of the molecule is CNC(=O)N1CCC(C)CC1. The van der Waals surface area contributed by atoms with Crippen molar-refractivity contribution in [2.45, 2.75) is 19.8 Å². The lowest BCUT2D eigenvalue weighted by atomic mass is 10.00. The van der Waals surface area contributed by atoms with Crippen LogP contribution < -0.4 is 5.32 Å². The number of carbonyl (C=O) groups is 1.